The number of ether oxygens (including phenoxy) is 1. The molecule has 0 aromatic heterocycles. The first kappa shape index (κ1) is 15.4. The van der Waals surface area contributed by atoms with Gasteiger partial charge in [-0.3, -0.25) is 0 Å². The van der Waals surface area contributed by atoms with E-state index in [-0.39, 0.29) is 0 Å². The van der Waals surface area contributed by atoms with Crippen LogP contribution in [-0.4, -0.2) is 20.2 Å². The van der Waals surface area contributed by atoms with Gasteiger partial charge in [0.25, 0.3) is 0 Å². The topological polar surface area (TPSA) is 38.5 Å². The Bertz CT molecular complexity index is 551. The first-order valence-electron chi connectivity index (χ1n) is 7.45. The fourth-order valence-corrected chi connectivity index (χ4v) is 2.22. The van der Waals surface area contributed by atoms with E-state index < -0.39 is 0 Å². The van der Waals surface area contributed by atoms with Crippen LogP contribution in [0, 0.1) is 0 Å². The Labute approximate surface area is 127 Å². The highest BCUT2D eigenvalue weighted by molar-refractivity contribution is 5.46. The number of benzene rings is 2. The Morgan fingerprint density at radius 3 is 2.43 bits per heavy atom. The van der Waals surface area contributed by atoms with Crippen LogP contribution in [0.3, 0.4) is 0 Å². The van der Waals surface area contributed by atoms with Crippen LogP contribution in [0.2, 0.25) is 0 Å². The SMILES string of the molecule is CCc1ccc(N(C)CCOc2ccccc2CN)cc1. The van der Waals surface area contributed by atoms with E-state index >= 15 is 0 Å². The largest absolute Gasteiger partial charge is 0.491 e. The summed E-state index contributed by atoms with van der Waals surface area (Å²) >= 11 is 0. The number of hydrogen-bond acceptors (Lipinski definition) is 3. The van der Waals surface area contributed by atoms with Crippen molar-refractivity contribution in [2.24, 2.45) is 5.73 Å². The van der Waals surface area contributed by atoms with Gasteiger partial charge >= 0.3 is 0 Å². The number of nitrogens with two attached hydrogens (primary N) is 1. The maximum atomic E-state index is 5.84. The van der Waals surface area contributed by atoms with Crippen LogP contribution in [0.15, 0.2) is 48.5 Å². The normalized spacial score (nSPS) is 10.4. The molecule has 0 atom stereocenters. The van der Waals surface area contributed by atoms with Crippen molar-refractivity contribution in [1.29, 1.82) is 0 Å². The monoisotopic (exact) mass is 284 g/mol. The minimum Gasteiger partial charge on any atom is -0.491 e. The highest BCUT2D eigenvalue weighted by Crippen LogP contribution is 2.18. The summed E-state index contributed by atoms with van der Waals surface area (Å²) in [4.78, 5) is 2.20. The molecule has 2 rings (SSSR count). The van der Waals surface area contributed by atoms with Crippen LogP contribution in [-0.2, 0) is 13.0 Å². The van der Waals surface area contributed by atoms with Crippen molar-refractivity contribution >= 4 is 5.69 Å². The summed E-state index contributed by atoms with van der Waals surface area (Å²) in [5.41, 5.74) is 9.33. The van der Waals surface area contributed by atoms with Crippen molar-refractivity contribution < 1.29 is 4.74 Å². The van der Waals surface area contributed by atoms with Crippen LogP contribution in [0.1, 0.15) is 18.1 Å². The summed E-state index contributed by atoms with van der Waals surface area (Å²) in [6.07, 6.45) is 1.07. The minimum absolute atomic E-state index is 0.504. The summed E-state index contributed by atoms with van der Waals surface area (Å²) < 4.78 is 5.84. The second-order valence-electron chi connectivity index (χ2n) is 5.10. The lowest BCUT2D eigenvalue weighted by atomic mass is 10.1. The molecule has 0 saturated carbocycles. The summed E-state index contributed by atoms with van der Waals surface area (Å²) in [6.45, 7) is 4.15. The first-order chi connectivity index (χ1) is 10.2. The maximum Gasteiger partial charge on any atom is 0.123 e. The van der Waals surface area contributed by atoms with Crippen molar-refractivity contribution in [3.05, 3.63) is 59.7 Å². The lowest BCUT2D eigenvalue weighted by molar-refractivity contribution is 0.322. The number of para-hydroxylation sites is 1. The molecule has 0 aliphatic heterocycles. The number of rotatable bonds is 7. The van der Waals surface area contributed by atoms with Gasteiger partial charge in [-0.05, 0) is 30.2 Å². The Balaban J connectivity index is 1.87. The average molecular weight is 284 g/mol. The van der Waals surface area contributed by atoms with E-state index in [0.29, 0.717) is 13.2 Å². The Hall–Kier alpha value is -2.00. The molecule has 0 amide bonds. The molecular formula is C18H24N2O. The molecule has 2 N–H and O–H groups in total. The summed E-state index contributed by atoms with van der Waals surface area (Å²) in [5, 5.41) is 0. The standard InChI is InChI=1S/C18H24N2O/c1-3-15-8-10-17(11-9-15)20(2)12-13-21-18-7-5-4-6-16(18)14-19/h4-11H,3,12-14,19H2,1-2H3. The summed E-state index contributed by atoms with van der Waals surface area (Å²) in [7, 11) is 2.08. The second kappa shape index (κ2) is 7.70. The van der Waals surface area contributed by atoms with Gasteiger partial charge in [0.1, 0.15) is 12.4 Å². The van der Waals surface area contributed by atoms with Crippen molar-refractivity contribution in [3.63, 3.8) is 0 Å². The zero-order valence-corrected chi connectivity index (χ0v) is 12.9. The van der Waals surface area contributed by atoms with Gasteiger partial charge in [0, 0.05) is 24.8 Å². The van der Waals surface area contributed by atoms with Gasteiger partial charge in [0.2, 0.25) is 0 Å². The number of anilines is 1. The Morgan fingerprint density at radius 2 is 1.76 bits per heavy atom. The third-order valence-electron chi connectivity index (χ3n) is 3.66. The molecule has 112 valence electrons. The predicted molar refractivity (Wildman–Crippen MR) is 88.9 cm³/mol. The zero-order valence-electron chi connectivity index (χ0n) is 12.9. The van der Waals surface area contributed by atoms with Crippen LogP contribution in [0.4, 0.5) is 5.69 Å². The molecule has 0 heterocycles. The van der Waals surface area contributed by atoms with E-state index in [9.17, 15) is 0 Å². The van der Waals surface area contributed by atoms with Crippen molar-refractivity contribution in [2.75, 3.05) is 25.1 Å². The van der Waals surface area contributed by atoms with Crippen molar-refractivity contribution in [2.45, 2.75) is 19.9 Å². The molecule has 0 aliphatic rings. The van der Waals surface area contributed by atoms with Crippen LogP contribution < -0.4 is 15.4 Å². The van der Waals surface area contributed by atoms with E-state index in [4.69, 9.17) is 10.5 Å². The lowest BCUT2D eigenvalue weighted by Gasteiger charge is -2.20. The highest BCUT2D eigenvalue weighted by Gasteiger charge is 2.03. The molecule has 0 bridgehead atoms. The van der Waals surface area contributed by atoms with Crippen LogP contribution >= 0.6 is 0 Å². The number of nitrogens with zero attached hydrogens (tertiary/aromatic N) is 1. The molecule has 3 heteroatoms. The lowest BCUT2D eigenvalue weighted by Crippen LogP contribution is -2.24. The van der Waals surface area contributed by atoms with Gasteiger partial charge in [-0.2, -0.15) is 0 Å². The second-order valence-corrected chi connectivity index (χ2v) is 5.10. The molecule has 0 spiro atoms. The smallest absolute Gasteiger partial charge is 0.123 e. The van der Waals surface area contributed by atoms with Gasteiger partial charge in [0.15, 0.2) is 0 Å². The Kier molecular flexibility index (Phi) is 5.64. The van der Waals surface area contributed by atoms with Gasteiger partial charge in [-0.25, -0.2) is 0 Å². The van der Waals surface area contributed by atoms with E-state index in [0.717, 1.165) is 24.3 Å². The van der Waals surface area contributed by atoms with Gasteiger partial charge in [0.05, 0.1) is 6.54 Å². The molecule has 0 radical (unpaired) electrons. The van der Waals surface area contributed by atoms with Crippen LogP contribution in [0.25, 0.3) is 0 Å². The number of aryl methyl sites for hydroxylation is 1. The molecule has 3 nitrogen and oxygen atoms in total. The quantitative estimate of drug-likeness (QED) is 0.848. The van der Waals surface area contributed by atoms with E-state index in [1.807, 2.05) is 24.3 Å². The minimum atomic E-state index is 0.504. The van der Waals surface area contributed by atoms with Crippen molar-refractivity contribution in [3.8, 4) is 5.75 Å². The first-order valence-corrected chi connectivity index (χ1v) is 7.45. The molecular weight excluding hydrogens is 260 g/mol. The van der Waals surface area contributed by atoms with E-state index in [2.05, 4.69) is 43.1 Å². The zero-order chi connectivity index (χ0) is 15.1. The molecule has 0 unspecified atom stereocenters. The fraction of sp³-hybridized carbons (Fsp3) is 0.333. The molecule has 21 heavy (non-hydrogen) atoms. The van der Waals surface area contributed by atoms with Gasteiger partial charge in [-0.1, -0.05) is 37.3 Å². The molecule has 0 fully saturated rings. The number of likely N-dealkylation sites (N-methyl/N-ethyl adjacent to an activating group) is 1. The highest BCUT2D eigenvalue weighted by atomic mass is 16.5. The van der Waals surface area contributed by atoms with Crippen molar-refractivity contribution in [1.82, 2.24) is 0 Å². The fourth-order valence-electron chi connectivity index (χ4n) is 2.22. The van der Waals surface area contributed by atoms with Crippen LogP contribution in [0.5, 0.6) is 5.75 Å². The third-order valence-corrected chi connectivity index (χ3v) is 3.66. The van der Waals surface area contributed by atoms with Gasteiger partial charge in [-0.15, -0.1) is 0 Å². The molecule has 2 aromatic carbocycles. The van der Waals surface area contributed by atoms with E-state index in [1.165, 1.54) is 11.3 Å². The molecule has 0 saturated heterocycles. The average Bonchev–Trinajstić information content (AvgIpc) is 2.55. The number of hydrogen-bond donors (Lipinski definition) is 1. The Morgan fingerprint density at radius 1 is 1.05 bits per heavy atom. The summed E-state index contributed by atoms with van der Waals surface area (Å²) in [5.74, 6) is 0.884. The predicted octanol–water partition coefficient (Wildman–Crippen LogP) is 3.22. The molecule has 0 aliphatic carbocycles. The molecule has 2 aromatic rings. The maximum absolute atomic E-state index is 5.84. The van der Waals surface area contributed by atoms with Gasteiger partial charge < -0.3 is 15.4 Å². The third kappa shape index (κ3) is 4.23. The van der Waals surface area contributed by atoms with E-state index in [1.54, 1.807) is 0 Å². The summed E-state index contributed by atoms with van der Waals surface area (Å²) in [6, 6.07) is 16.6.